The fourth-order valence-corrected chi connectivity index (χ4v) is 3.07. The Morgan fingerprint density at radius 1 is 1.15 bits per heavy atom. The maximum atomic E-state index is 11.9. The molecule has 0 saturated carbocycles. The molecule has 0 bridgehead atoms. The van der Waals surface area contributed by atoms with E-state index in [0.29, 0.717) is 44.8 Å². The molecule has 0 aliphatic carbocycles. The van der Waals surface area contributed by atoms with Crippen LogP contribution in [0.1, 0.15) is 0 Å². The van der Waals surface area contributed by atoms with Crippen LogP contribution in [0.2, 0.25) is 10.0 Å². The number of carbonyl (C=O) groups excluding carboxylic acids is 1. The van der Waals surface area contributed by atoms with Crippen molar-refractivity contribution in [3.05, 3.63) is 46.7 Å². The topological polar surface area (TPSA) is 105 Å². The summed E-state index contributed by atoms with van der Waals surface area (Å²) in [7, 11) is 0. The van der Waals surface area contributed by atoms with Crippen LogP contribution in [0.5, 0.6) is 0 Å². The van der Waals surface area contributed by atoms with Crippen molar-refractivity contribution in [2.75, 3.05) is 23.7 Å². The van der Waals surface area contributed by atoms with E-state index in [2.05, 4.69) is 36.1 Å². The van der Waals surface area contributed by atoms with Crippen LogP contribution in [-0.4, -0.2) is 39.3 Å². The molecule has 11 heteroatoms. The maximum absolute atomic E-state index is 11.9. The highest BCUT2D eigenvalue weighted by atomic mass is 35.5. The second kappa shape index (κ2) is 8.75. The molecule has 8 nitrogen and oxygen atoms in total. The normalized spacial score (nSPS) is 10.4. The molecular weight excluding hydrogens is 397 g/mol. The van der Waals surface area contributed by atoms with Crippen LogP contribution in [0.15, 0.2) is 36.7 Å². The first-order valence-electron chi connectivity index (χ1n) is 7.46. The smallest absolute Gasteiger partial charge is 0.321 e. The summed E-state index contributed by atoms with van der Waals surface area (Å²) in [6.45, 7) is 0.801. The van der Waals surface area contributed by atoms with Gasteiger partial charge in [0.25, 0.3) is 0 Å². The number of amides is 2. The minimum Gasteiger partial charge on any atom is -0.367 e. The Morgan fingerprint density at radius 3 is 2.81 bits per heavy atom. The van der Waals surface area contributed by atoms with Crippen LogP contribution in [0.25, 0.3) is 10.7 Å². The summed E-state index contributed by atoms with van der Waals surface area (Å²) in [5.41, 5.74) is 0.704. The Kier molecular flexibility index (Phi) is 6.16. The van der Waals surface area contributed by atoms with Crippen molar-refractivity contribution in [2.24, 2.45) is 0 Å². The zero-order valence-electron chi connectivity index (χ0n) is 13.2. The van der Waals surface area contributed by atoms with Gasteiger partial charge < -0.3 is 10.6 Å². The van der Waals surface area contributed by atoms with Crippen LogP contribution >= 0.6 is 34.5 Å². The van der Waals surface area contributed by atoms with Crippen molar-refractivity contribution in [3.8, 4) is 10.7 Å². The number of anilines is 2. The molecule has 0 saturated heterocycles. The number of pyridine rings is 2. The first-order valence-corrected chi connectivity index (χ1v) is 9.04. The largest absolute Gasteiger partial charge is 0.367 e. The summed E-state index contributed by atoms with van der Waals surface area (Å²) in [6, 6.07) is 6.71. The third kappa shape index (κ3) is 5.01. The van der Waals surface area contributed by atoms with E-state index in [0.717, 1.165) is 0 Å². The summed E-state index contributed by atoms with van der Waals surface area (Å²) in [5, 5.41) is 18.2. The lowest BCUT2D eigenvalue weighted by Gasteiger charge is -2.08. The van der Waals surface area contributed by atoms with E-state index in [1.165, 1.54) is 17.5 Å². The van der Waals surface area contributed by atoms with Crippen LogP contribution in [0, 0.1) is 0 Å². The van der Waals surface area contributed by atoms with Crippen LogP contribution < -0.4 is 16.0 Å². The molecule has 0 unspecified atom stereocenters. The number of halogens is 2. The molecule has 26 heavy (non-hydrogen) atoms. The quantitative estimate of drug-likeness (QED) is 0.537. The highest BCUT2D eigenvalue weighted by Gasteiger charge is 2.10. The van der Waals surface area contributed by atoms with Crippen LogP contribution in [0.3, 0.4) is 0 Å². The lowest BCUT2D eigenvalue weighted by molar-refractivity contribution is 0.252. The van der Waals surface area contributed by atoms with Gasteiger partial charge in [0.05, 0.1) is 10.0 Å². The van der Waals surface area contributed by atoms with E-state index in [1.54, 1.807) is 12.3 Å². The molecule has 134 valence electrons. The molecular formula is C15H13Cl2N7OS. The van der Waals surface area contributed by atoms with Gasteiger partial charge in [-0.3, -0.25) is 10.3 Å². The van der Waals surface area contributed by atoms with Gasteiger partial charge in [-0.25, -0.2) is 9.78 Å². The monoisotopic (exact) mass is 409 g/mol. The summed E-state index contributed by atoms with van der Waals surface area (Å²) < 4.78 is 0. The third-order valence-electron chi connectivity index (χ3n) is 3.04. The van der Waals surface area contributed by atoms with Gasteiger partial charge in [-0.2, -0.15) is 0 Å². The molecule has 2 amide bonds. The second-order valence-corrected chi connectivity index (χ2v) is 6.74. The summed E-state index contributed by atoms with van der Waals surface area (Å²) >= 11 is 13.0. The predicted octanol–water partition coefficient (Wildman–Crippen LogP) is 3.54. The van der Waals surface area contributed by atoms with E-state index in [-0.39, 0.29) is 6.03 Å². The maximum Gasteiger partial charge on any atom is 0.321 e. The van der Waals surface area contributed by atoms with Crippen molar-refractivity contribution in [2.45, 2.75) is 0 Å². The number of aromatic nitrogens is 4. The Bertz CT molecular complexity index is 891. The molecule has 3 N–H and O–H groups in total. The Labute approximate surface area is 163 Å². The molecule has 0 fully saturated rings. The first kappa shape index (κ1) is 18.3. The van der Waals surface area contributed by atoms with Crippen molar-refractivity contribution in [1.29, 1.82) is 0 Å². The van der Waals surface area contributed by atoms with E-state index in [4.69, 9.17) is 23.2 Å². The lowest BCUT2D eigenvalue weighted by atomic mass is 10.4. The zero-order chi connectivity index (χ0) is 18.4. The highest BCUT2D eigenvalue weighted by Crippen LogP contribution is 2.24. The van der Waals surface area contributed by atoms with E-state index in [9.17, 15) is 4.79 Å². The minimum atomic E-state index is -0.384. The molecule has 3 heterocycles. The number of nitrogens with zero attached hydrogens (tertiary/aromatic N) is 4. The van der Waals surface area contributed by atoms with Crippen molar-refractivity contribution in [3.63, 3.8) is 0 Å². The average molecular weight is 410 g/mol. The number of hydrogen-bond acceptors (Lipinski definition) is 7. The number of carbonyl (C=O) groups is 1. The van der Waals surface area contributed by atoms with Crippen molar-refractivity contribution < 1.29 is 4.79 Å². The molecule has 0 spiro atoms. The number of rotatable bonds is 6. The second-order valence-electron chi connectivity index (χ2n) is 4.92. The zero-order valence-corrected chi connectivity index (χ0v) is 15.6. The number of urea groups is 1. The molecule has 0 aliphatic heterocycles. The van der Waals surface area contributed by atoms with Crippen LogP contribution in [-0.2, 0) is 0 Å². The Balaban J connectivity index is 1.44. The first-order chi connectivity index (χ1) is 12.6. The van der Waals surface area contributed by atoms with E-state index in [1.807, 2.05) is 18.2 Å². The summed E-state index contributed by atoms with van der Waals surface area (Å²) in [6.07, 6.45) is 3.16. The SMILES string of the molecule is O=C(NCCNc1ncc(Cl)cc1Cl)Nc1nnc(-c2ccccn2)s1. The molecule has 3 aromatic rings. The molecule has 0 aromatic carbocycles. The molecule has 3 aromatic heterocycles. The number of nitrogens with one attached hydrogen (secondary N) is 3. The molecule has 0 atom stereocenters. The predicted molar refractivity (Wildman–Crippen MR) is 103 cm³/mol. The highest BCUT2D eigenvalue weighted by molar-refractivity contribution is 7.18. The number of hydrogen-bond donors (Lipinski definition) is 3. The molecule has 0 radical (unpaired) electrons. The van der Waals surface area contributed by atoms with Crippen molar-refractivity contribution >= 4 is 51.5 Å². The van der Waals surface area contributed by atoms with Gasteiger partial charge in [-0.1, -0.05) is 40.6 Å². The fourth-order valence-electron chi connectivity index (χ4n) is 1.91. The third-order valence-corrected chi connectivity index (χ3v) is 4.40. The van der Waals surface area contributed by atoms with Gasteiger partial charge in [0, 0.05) is 25.5 Å². The van der Waals surface area contributed by atoms with E-state index < -0.39 is 0 Å². The minimum absolute atomic E-state index is 0.359. The summed E-state index contributed by atoms with van der Waals surface area (Å²) in [5.74, 6) is 0.502. The van der Waals surface area contributed by atoms with Gasteiger partial charge in [-0.05, 0) is 18.2 Å². The standard InChI is InChI=1S/C15H13Cl2N7OS/c16-9-7-10(17)12(21-8-9)19-5-6-20-14(25)22-15-24-23-13(26-15)11-3-1-2-4-18-11/h1-4,7-8H,5-6H2,(H,19,21)(H2,20,22,24,25). The molecule has 0 aliphatic rings. The summed E-state index contributed by atoms with van der Waals surface area (Å²) in [4.78, 5) is 20.2. The van der Waals surface area contributed by atoms with Crippen molar-refractivity contribution in [1.82, 2.24) is 25.5 Å². The fraction of sp³-hybridized carbons (Fsp3) is 0.133. The van der Waals surface area contributed by atoms with Gasteiger partial charge in [0.15, 0.2) is 5.01 Å². The Hall–Kier alpha value is -2.49. The Morgan fingerprint density at radius 2 is 2.04 bits per heavy atom. The van der Waals surface area contributed by atoms with Gasteiger partial charge in [-0.15, -0.1) is 10.2 Å². The van der Waals surface area contributed by atoms with E-state index >= 15 is 0 Å². The van der Waals surface area contributed by atoms with Crippen LogP contribution in [0.4, 0.5) is 15.7 Å². The van der Waals surface area contributed by atoms with Gasteiger partial charge in [0.2, 0.25) is 5.13 Å². The molecule has 3 rings (SSSR count). The van der Waals surface area contributed by atoms with Gasteiger partial charge in [0.1, 0.15) is 11.5 Å². The lowest BCUT2D eigenvalue weighted by Crippen LogP contribution is -2.32. The van der Waals surface area contributed by atoms with Gasteiger partial charge >= 0.3 is 6.03 Å². The average Bonchev–Trinajstić information content (AvgIpc) is 3.09.